The van der Waals surface area contributed by atoms with Crippen LogP contribution in [0.3, 0.4) is 0 Å². The van der Waals surface area contributed by atoms with Crippen molar-refractivity contribution in [2.24, 2.45) is 17.3 Å². The van der Waals surface area contributed by atoms with Crippen LogP contribution < -0.4 is 0 Å². The minimum absolute atomic E-state index is 0.136. The highest BCUT2D eigenvalue weighted by Crippen LogP contribution is 2.59. The molecular weight excluding hydrogens is 274 g/mol. The van der Waals surface area contributed by atoms with Crippen LogP contribution in [0.2, 0.25) is 0 Å². The Balaban J connectivity index is 1.49. The Morgan fingerprint density at radius 3 is 2.32 bits per heavy atom. The van der Waals surface area contributed by atoms with E-state index in [1.54, 1.807) is 12.1 Å². The molecule has 3 heteroatoms. The molecule has 2 amide bonds. The van der Waals surface area contributed by atoms with Gasteiger partial charge in [0.25, 0.3) is 11.8 Å². The number of amides is 2. The zero-order valence-corrected chi connectivity index (χ0v) is 13.1. The first-order valence-electron chi connectivity index (χ1n) is 8.14. The smallest absolute Gasteiger partial charge is 0.261 e. The first-order valence-corrected chi connectivity index (χ1v) is 8.14. The van der Waals surface area contributed by atoms with E-state index in [-0.39, 0.29) is 11.8 Å². The predicted octanol–water partition coefficient (Wildman–Crippen LogP) is 3.67. The van der Waals surface area contributed by atoms with Gasteiger partial charge in [-0.3, -0.25) is 14.5 Å². The number of hydrogen-bond acceptors (Lipinski definition) is 2. The minimum Gasteiger partial charge on any atom is -0.274 e. The molecular formula is C19H21NO2. The van der Waals surface area contributed by atoms with Gasteiger partial charge in [0.1, 0.15) is 0 Å². The van der Waals surface area contributed by atoms with Crippen LogP contribution in [0, 0.1) is 17.3 Å². The van der Waals surface area contributed by atoms with Crippen LogP contribution in [0.1, 0.15) is 53.8 Å². The topological polar surface area (TPSA) is 37.4 Å². The maximum absolute atomic E-state index is 12.4. The Morgan fingerprint density at radius 2 is 1.77 bits per heavy atom. The maximum Gasteiger partial charge on any atom is 0.261 e. The molecule has 3 aliphatic carbocycles. The molecule has 1 aliphatic heterocycles. The van der Waals surface area contributed by atoms with Gasteiger partial charge in [-0.25, -0.2) is 0 Å². The van der Waals surface area contributed by atoms with Gasteiger partial charge in [-0.2, -0.15) is 0 Å². The van der Waals surface area contributed by atoms with Crippen molar-refractivity contribution < 1.29 is 9.59 Å². The number of imide groups is 1. The Bertz CT molecular complexity index is 666. The quantitative estimate of drug-likeness (QED) is 0.630. The molecule has 1 saturated carbocycles. The molecule has 1 aromatic rings. The third-order valence-electron chi connectivity index (χ3n) is 6.08. The minimum atomic E-state index is -0.136. The second-order valence-corrected chi connectivity index (χ2v) is 7.38. The van der Waals surface area contributed by atoms with Gasteiger partial charge in [0, 0.05) is 6.54 Å². The summed E-state index contributed by atoms with van der Waals surface area (Å²) in [5, 5.41) is 0. The number of hydrogen-bond donors (Lipinski definition) is 0. The van der Waals surface area contributed by atoms with Gasteiger partial charge in [0.15, 0.2) is 0 Å². The normalized spacial score (nSPS) is 28.3. The van der Waals surface area contributed by atoms with Crippen LogP contribution in [0.15, 0.2) is 35.9 Å². The van der Waals surface area contributed by atoms with Crippen molar-refractivity contribution in [2.45, 2.75) is 33.1 Å². The van der Waals surface area contributed by atoms with E-state index in [2.05, 4.69) is 19.9 Å². The lowest BCUT2D eigenvalue weighted by Gasteiger charge is -2.56. The summed E-state index contributed by atoms with van der Waals surface area (Å²) in [6.45, 7) is 5.21. The van der Waals surface area contributed by atoms with Gasteiger partial charge < -0.3 is 0 Å². The van der Waals surface area contributed by atoms with E-state index in [1.165, 1.54) is 16.9 Å². The molecule has 4 aliphatic rings. The summed E-state index contributed by atoms with van der Waals surface area (Å²) in [4.78, 5) is 26.2. The lowest BCUT2D eigenvalue weighted by atomic mass is 9.48. The molecule has 0 aromatic heterocycles. The van der Waals surface area contributed by atoms with E-state index in [1.807, 2.05) is 12.1 Å². The first kappa shape index (κ1) is 13.7. The summed E-state index contributed by atoms with van der Waals surface area (Å²) < 4.78 is 0. The van der Waals surface area contributed by atoms with Crippen LogP contribution in [0.4, 0.5) is 0 Å². The van der Waals surface area contributed by atoms with Gasteiger partial charge in [-0.15, -0.1) is 0 Å². The van der Waals surface area contributed by atoms with Crippen molar-refractivity contribution in [1.29, 1.82) is 0 Å². The van der Waals surface area contributed by atoms with E-state index in [4.69, 9.17) is 0 Å². The molecule has 114 valence electrons. The number of allylic oxidation sites excluding steroid dienone is 1. The highest BCUT2D eigenvalue weighted by atomic mass is 16.2. The molecule has 0 N–H and O–H groups in total. The van der Waals surface area contributed by atoms with Crippen molar-refractivity contribution in [3.63, 3.8) is 0 Å². The average molecular weight is 295 g/mol. The summed E-state index contributed by atoms with van der Waals surface area (Å²) in [7, 11) is 0. The summed E-state index contributed by atoms with van der Waals surface area (Å²) in [5.74, 6) is 1.19. The second kappa shape index (κ2) is 4.55. The van der Waals surface area contributed by atoms with E-state index in [0.717, 1.165) is 18.8 Å². The van der Waals surface area contributed by atoms with Crippen LogP contribution in [-0.2, 0) is 0 Å². The Hall–Kier alpha value is -1.90. The van der Waals surface area contributed by atoms with Crippen LogP contribution in [-0.4, -0.2) is 23.3 Å². The highest BCUT2D eigenvalue weighted by molar-refractivity contribution is 6.21. The predicted molar refractivity (Wildman–Crippen MR) is 84.5 cm³/mol. The van der Waals surface area contributed by atoms with Gasteiger partial charge in [-0.05, 0) is 48.6 Å². The van der Waals surface area contributed by atoms with E-state index in [0.29, 0.717) is 29.0 Å². The molecule has 1 fully saturated rings. The lowest BCUT2D eigenvalue weighted by molar-refractivity contribution is -0.00869. The molecule has 0 radical (unpaired) electrons. The van der Waals surface area contributed by atoms with Crippen LogP contribution >= 0.6 is 0 Å². The summed E-state index contributed by atoms with van der Waals surface area (Å²) in [6.07, 6.45) is 5.61. The number of fused-ring (bicyclic) bond motifs is 2. The number of rotatable bonds is 3. The molecule has 1 heterocycles. The lowest BCUT2D eigenvalue weighted by Crippen LogP contribution is -2.48. The highest BCUT2D eigenvalue weighted by Gasteiger charge is 2.51. The Kier molecular flexibility index (Phi) is 2.84. The monoisotopic (exact) mass is 295 g/mol. The molecule has 0 unspecified atom stereocenters. The zero-order valence-electron chi connectivity index (χ0n) is 13.1. The fourth-order valence-corrected chi connectivity index (χ4v) is 4.44. The molecule has 2 atom stereocenters. The van der Waals surface area contributed by atoms with Gasteiger partial charge >= 0.3 is 0 Å². The molecule has 3 nitrogen and oxygen atoms in total. The van der Waals surface area contributed by atoms with Gasteiger partial charge in [-0.1, -0.05) is 37.6 Å². The SMILES string of the molecule is CC1(C)[C@H]2CC=C(CCN3C(=O)c4ccccc4C3=O)[C@@H]1C2. The fraction of sp³-hybridized carbons (Fsp3) is 0.474. The van der Waals surface area contributed by atoms with E-state index in [9.17, 15) is 9.59 Å². The molecule has 5 rings (SSSR count). The largest absolute Gasteiger partial charge is 0.274 e. The summed E-state index contributed by atoms with van der Waals surface area (Å²) in [6, 6.07) is 7.12. The van der Waals surface area contributed by atoms with Crippen molar-refractivity contribution in [3.05, 3.63) is 47.0 Å². The number of carbonyl (C=O) groups excluding carboxylic acids is 2. The molecule has 0 saturated heterocycles. The van der Waals surface area contributed by atoms with Gasteiger partial charge in [0.2, 0.25) is 0 Å². The van der Waals surface area contributed by atoms with E-state index < -0.39 is 0 Å². The number of nitrogens with zero attached hydrogens (tertiary/aromatic N) is 1. The number of benzene rings is 1. The third kappa shape index (κ3) is 1.74. The van der Waals surface area contributed by atoms with Crippen molar-refractivity contribution >= 4 is 11.8 Å². The van der Waals surface area contributed by atoms with Crippen LogP contribution in [0.5, 0.6) is 0 Å². The number of carbonyl (C=O) groups is 2. The first-order chi connectivity index (χ1) is 10.5. The van der Waals surface area contributed by atoms with Crippen LogP contribution in [0.25, 0.3) is 0 Å². The molecule has 22 heavy (non-hydrogen) atoms. The maximum atomic E-state index is 12.4. The summed E-state index contributed by atoms with van der Waals surface area (Å²) in [5.41, 5.74) is 2.94. The Morgan fingerprint density at radius 1 is 1.14 bits per heavy atom. The molecule has 1 aromatic carbocycles. The second-order valence-electron chi connectivity index (χ2n) is 7.38. The standard InChI is InChI=1S/C19H21NO2/c1-19(2)13-8-7-12(16(19)11-13)9-10-20-17(21)14-5-3-4-6-15(14)18(20)22/h3-7,13,16H,8-11H2,1-2H3/t13-,16-/m0/s1. The fourth-order valence-electron chi connectivity index (χ4n) is 4.44. The van der Waals surface area contributed by atoms with Gasteiger partial charge in [0.05, 0.1) is 11.1 Å². The third-order valence-corrected chi connectivity index (χ3v) is 6.08. The molecule has 0 spiro atoms. The Labute approximate surface area is 131 Å². The van der Waals surface area contributed by atoms with Crippen molar-refractivity contribution in [1.82, 2.24) is 4.90 Å². The molecule has 2 bridgehead atoms. The zero-order chi connectivity index (χ0) is 15.5. The average Bonchev–Trinajstić information content (AvgIpc) is 2.77. The van der Waals surface area contributed by atoms with Crippen molar-refractivity contribution in [2.75, 3.05) is 6.54 Å². The summed E-state index contributed by atoms with van der Waals surface area (Å²) >= 11 is 0. The van der Waals surface area contributed by atoms with Crippen molar-refractivity contribution in [3.8, 4) is 0 Å². The van der Waals surface area contributed by atoms with E-state index >= 15 is 0 Å².